The molecule has 0 radical (unpaired) electrons. The molecule has 2 aromatic heterocycles. The summed E-state index contributed by atoms with van der Waals surface area (Å²) < 4.78 is 7.81. The Kier molecular flexibility index (Phi) is 3.53. The van der Waals surface area contributed by atoms with Crippen LogP contribution in [0.3, 0.4) is 0 Å². The van der Waals surface area contributed by atoms with E-state index in [4.69, 9.17) is 22.1 Å². The predicted molar refractivity (Wildman–Crippen MR) is 81.3 cm³/mol. The fraction of sp³-hybridized carbons (Fsp3) is 0.455. The van der Waals surface area contributed by atoms with Gasteiger partial charge in [-0.1, -0.05) is 11.6 Å². The highest BCUT2D eigenvalue weighted by atomic mass is 127. The number of nitrogen functional groups attached to an aromatic ring is 1. The SMILES string of the molecule is C[C@H]1O[C@@H](n2c(Cl)c(I)c3c(N)ncnc32)[C@@H](O)[C@H]1O. The quantitative estimate of drug-likeness (QED) is 0.604. The Labute approximate surface area is 132 Å². The van der Waals surface area contributed by atoms with Crippen LogP contribution in [0, 0.1) is 3.57 Å². The number of nitrogens with zero attached hydrogens (tertiary/aromatic N) is 3. The third kappa shape index (κ3) is 1.90. The molecule has 4 atom stereocenters. The summed E-state index contributed by atoms with van der Waals surface area (Å²) in [6.07, 6.45) is -2.06. The molecule has 1 aliphatic heterocycles. The lowest BCUT2D eigenvalue weighted by atomic mass is 10.1. The number of aliphatic hydroxyl groups is 2. The van der Waals surface area contributed by atoms with Crippen LogP contribution in [0.1, 0.15) is 13.2 Å². The van der Waals surface area contributed by atoms with Crippen molar-refractivity contribution in [2.45, 2.75) is 31.5 Å². The Morgan fingerprint density at radius 2 is 2.10 bits per heavy atom. The first kappa shape index (κ1) is 14.3. The zero-order chi connectivity index (χ0) is 14.6. The van der Waals surface area contributed by atoms with Crippen molar-refractivity contribution >= 4 is 51.0 Å². The van der Waals surface area contributed by atoms with Gasteiger partial charge in [0.05, 0.1) is 15.1 Å². The van der Waals surface area contributed by atoms with Crippen LogP contribution in [0.25, 0.3) is 11.0 Å². The van der Waals surface area contributed by atoms with Gasteiger partial charge in [0, 0.05) is 0 Å². The number of hydrogen-bond acceptors (Lipinski definition) is 6. The van der Waals surface area contributed by atoms with E-state index < -0.39 is 24.5 Å². The van der Waals surface area contributed by atoms with Crippen molar-refractivity contribution in [3.8, 4) is 0 Å². The molecule has 108 valence electrons. The van der Waals surface area contributed by atoms with Crippen molar-refractivity contribution in [1.29, 1.82) is 0 Å². The molecule has 0 aliphatic carbocycles. The number of halogens is 2. The zero-order valence-corrected chi connectivity index (χ0v) is 13.3. The van der Waals surface area contributed by atoms with Crippen molar-refractivity contribution in [2.24, 2.45) is 0 Å². The van der Waals surface area contributed by atoms with E-state index in [2.05, 4.69) is 9.97 Å². The lowest BCUT2D eigenvalue weighted by Crippen LogP contribution is -2.30. The van der Waals surface area contributed by atoms with E-state index in [0.29, 0.717) is 25.6 Å². The van der Waals surface area contributed by atoms with Gasteiger partial charge >= 0.3 is 0 Å². The number of aromatic nitrogens is 3. The van der Waals surface area contributed by atoms with E-state index >= 15 is 0 Å². The second kappa shape index (κ2) is 4.95. The van der Waals surface area contributed by atoms with Gasteiger partial charge in [0.15, 0.2) is 6.23 Å². The normalized spacial score (nSPS) is 30.2. The Morgan fingerprint density at radius 1 is 1.40 bits per heavy atom. The van der Waals surface area contributed by atoms with E-state index in [1.54, 1.807) is 6.92 Å². The van der Waals surface area contributed by atoms with Gasteiger partial charge in [-0.25, -0.2) is 9.97 Å². The molecule has 0 bridgehead atoms. The third-order valence-corrected chi connectivity index (χ3v) is 5.17. The maximum Gasteiger partial charge on any atom is 0.165 e. The zero-order valence-electron chi connectivity index (χ0n) is 10.4. The summed E-state index contributed by atoms with van der Waals surface area (Å²) in [6, 6.07) is 0. The van der Waals surface area contributed by atoms with Crippen LogP contribution in [0.5, 0.6) is 0 Å². The van der Waals surface area contributed by atoms with Crippen LogP contribution in [-0.4, -0.2) is 43.1 Å². The van der Waals surface area contributed by atoms with E-state index in [1.165, 1.54) is 10.9 Å². The highest BCUT2D eigenvalue weighted by molar-refractivity contribution is 14.1. The summed E-state index contributed by atoms with van der Waals surface area (Å²) in [6.45, 7) is 1.68. The van der Waals surface area contributed by atoms with Crippen LogP contribution in [0.4, 0.5) is 5.82 Å². The van der Waals surface area contributed by atoms with Gasteiger partial charge in [0.2, 0.25) is 0 Å². The molecule has 20 heavy (non-hydrogen) atoms. The second-order valence-electron chi connectivity index (χ2n) is 4.65. The monoisotopic (exact) mass is 410 g/mol. The Bertz CT molecular complexity index is 679. The molecule has 4 N–H and O–H groups in total. The predicted octanol–water partition coefficient (Wildman–Crippen LogP) is 0.911. The molecule has 0 spiro atoms. The average Bonchev–Trinajstić information content (AvgIpc) is 2.81. The van der Waals surface area contributed by atoms with Crippen molar-refractivity contribution in [1.82, 2.24) is 14.5 Å². The molecule has 0 unspecified atom stereocenters. The number of fused-ring (bicyclic) bond motifs is 1. The molecule has 7 nitrogen and oxygen atoms in total. The number of anilines is 1. The molecule has 0 aromatic carbocycles. The van der Waals surface area contributed by atoms with E-state index in [1.807, 2.05) is 22.6 Å². The number of aliphatic hydroxyl groups excluding tert-OH is 2. The highest BCUT2D eigenvalue weighted by Gasteiger charge is 2.43. The number of hydrogen-bond donors (Lipinski definition) is 3. The lowest BCUT2D eigenvalue weighted by Gasteiger charge is -2.18. The van der Waals surface area contributed by atoms with Crippen molar-refractivity contribution in [3.63, 3.8) is 0 Å². The molecule has 2 aromatic rings. The van der Waals surface area contributed by atoms with Gasteiger partial charge < -0.3 is 20.7 Å². The van der Waals surface area contributed by atoms with Crippen LogP contribution in [-0.2, 0) is 4.74 Å². The van der Waals surface area contributed by atoms with E-state index in [9.17, 15) is 10.2 Å². The number of ether oxygens (including phenoxy) is 1. The number of nitrogens with two attached hydrogens (primary N) is 1. The van der Waals surface area contributed by atoms with Crippen LogP contribution in [0.2, 0.25) is 5.15 Å². The van der Waals surface area contributed by atoms with Gasteiger partial charge in [-0.15, -0.1) is 0 Å². The van der Waals surface area contributed by atoms with Crippen molar-refractivity contribution < 1.29 is 14.9 Å². The average molecular weight is 411 g/mol. The van der Waals surface area contributed by atoms with Crippen LogP contribution >= 0.6 is 34.2 Å². The molecule has 0 amide bonds. The van der Waals surface area contributed by atoms with E-state index in [-0.39, 0.29) is 0 Å². The topological polar surface area (TPSA) is 106 Å². The van der Waals surface area contributed by atoms with Gasteiger partial charge in [-0.05, 0) is 29.5 Å². The van der Waals surface area contributed by atoms with Gasteiger partial charge in [0.25, 0.3) is 0 Å². The van der Waals surface area contributed by atoms with Gasteiger partial charge in [-0.2, -0.15) is 0 Å². The van der Waals surface area contributed by atoms with Gasteiger partial charge in [0.1, 0.15) is 35.2 Å². The molecule has 1 aliphatic rings. The van der Waals surface area contributed by atoms with Gasteiger partial charge in [-0.3, -0.25) is 4.57 Å². The standard InChI is InChI=1S/C11H12ClIN4O3/c1-3-6(18)7(19)11(20-3)17-8(12)5(13)4-9(14)15-2-16-10(4)17/h2-3,6-7,11,18-19H,1H3,(H2,14,15,16)/t3-,6+,7+,11-/m1/s1. The molecular formula is C11H12ClIN4O3. The van der Waals surface area contributed by atoms with Crippen molar-refractivity contribution in [3.05, 3.63) is 15.1 Å². The molecule has 1 saturated heterocycles. The fourth-order valence-corrected chi connectivity index (χ4v) is 3.41. The molecular weight excluding hydrogens is 399 g/mol. The fourth-order valence-electron chi connectivity index (χ4n) is 2.36. The van der Waals surface area contributed by atoms with Crippen molar-refractivity contribution in [2.75, 3.05) is 5.73 Å². The summed E-state index contributed by atoms with van der Waals surface area (Å²) >= 11 is 8.35. The summed E-state index contributed by atoms with van der Waals surface area (Å²) in [5.74, 6) is 0.307. The summed E-state index contributed by atoms with van der Waals surface area (Å²) in [4.78, 5) is 8.10. The lowest BCUT2D eigenvalue weighted by molar-refractivity contribution is -0.0295. The maximum atomic E-state index is 10.1. The maximum absolute atomic E-state index is 10.1. The summed E-state index contributed by atoms with van der Waals surface area (Å²) in [5, 5.41) is 20.9. The Hall–Kier alpha value is -0.680. The molecule has 3 heterocycles. The Balaban J connectivity index is 2.23. The Morgan fingerprint density at radius 3 is 2.70 bits per heavy atom. The molecule has 1 fully saturated rings. The highest BCUT2D eigenvalue weighted by Crippen LogP contribution is 2.39. The third-order valence-electron chi connectivity index (χ3n) is 3.43. The smallest absolute Gasteiger partial charge is 0.165 e. The first-order chi connectivity index (χ1) is 9.43. The largest absolute Gasteiger partial charge is 0.388 e. The van der Waals surface area contributed by atoms with Crippen LogP contribution < -0.4 is 5.73 Å². The first-order valence-electron chi connectivity index (χ1n) is 5.90. The van der Waals surface area contributed by atoms with E-state index in [0.717, 1.165) is 0 Å². The number of rotatable bonds is 1. The minimum Gasteiger partial charge on any atom is -0.388 e. The minimum absolute atomic E-state index is 0.307. The summed E-state index contributed by atoms with van der Waals surface area (Å²) in [7, 11) is 0. The molecule has 9 heteroatoms. The minimum atomic E-state index is -1.09. The summed E-state index contributed by atoms with van der Waals surface area (Å²) in [5.41, 5.74) is 6.32. The van der Waals surface area contributed by atoms with Crippen LogP contribution in [0.15, 0.2) is 6.33 Å². The second-order valence-corrected chi connectivity index (χ2v) is 6.08. The first-order valence-corrected chi connectivity index (χ1v) is 7.36. The molecule has 3 rings (SSSR count). The molecule has 0 saturated carbocycles.